The van der Waals surface area contributed by atoms with Gasteiger partial charge in [-0.2, -0.15) is 0 Å². The minimum atomic E-state index is -0.991. The highest BCUT2D eigenvalue weighted by molar-refractivity contribution is 6.07. The molecule has 2 aliphatic heterocycles. The first-order chi connectivity index (χ1) is 11.1. The molecule has 0 radical (unpaired) electrons. The molecule has 6 heteroatoms. The van der Waals surface area contributed by atoms with Crippen molar-refractivity contribution in [3.63, 3.8) is 0 Å². The number of para-hydroxylation sites is 1. The first-order valence-electron chi connectivity index (χ1n) is 7.91. The van der Waals surface area contributed by atoms with E-state index < -0.39 is 5.60 Å². The first kappa shape index (κ1) is 15.8. The molecule has 0 saturated carbocycles. The van der Waals surface area contributed by atoms with Crippen molar-refractivity contribution in [1.82, 2.24) is 5.32 Å². The number of ether oxygens (including phenoxy) is 2. The van der Waals surface area contributed by atoms with Crippen molar-refractivity contribution in [3.8, 4) is 5.75 Å². The molecule has 2 atom stereocenters. The average Bonchev–Trinajstić information content (AvgIpc) is 3.23. The molecule has 0 bridgehead atoms. The Balaban J connectivity index is 1.63. The van der Waals surface area contributed by atoms with Crippen LogP contribution in [0.1, 0.15) is 31.7 Å². The number of carbonyl (C=O) groups excluding carboxylic acids is 1. The minimum Gasteiger partial charge on any atom is -0.496 e. The van der Waals surface area contributed by atoms with Crippen molar-refractivity contribution < 1.29 is 19.1 Å². The number of oxime groups is 1. The molecular weight excluding hydrogens is 296 g/mol. The van der Waals surface area contributed by atoms with E-state index in [0.717, 1.165) is 36.5 Å². The highest BCUT2D eigenvalue weighted by atomic mass is 16.7. The van der Waals surface area contributed by atoms with Gasteiger partial charge in [-0.15, -0.1) is 0 Å². The summed E-state index contributed by atoms with van der Waals surface area (Å²) in [5.74, 6) is 0.556. The lowest BCUT2D eigenvalue weighted by Crippen LogP contribution is -2.46. The number of carbonyl (C=O) groups is 1. The number of hydrogen-bond acceptors (Lipinski definition) is 5. The van der Waals surface area contributed by atoms with Gasteiger partial charge in [0.2, 0.25) is 5.60 Å². The van der Waals surface area contributed by atoms with Gasteiger partial charge < -0.3 is 19.6 Å². The third-order valence-corrected chi connectivity index (χ3v) is 4.27. The lowest BCUT2D eigenvalue weighted by Gasteiger charge is -2.21. The summed E-state index contributed by atoms with van der Waals surface area (Å²) in [6.45, 7) is 3.04. The molecule has 3 rings (SSSR count). The van der Waals surface area contributed by atoms with Gasteiger partial charge in [0, 0.05) is 25.1 Å². The number of hydrogen-bond donors (Lipinski definition) is 1. The van der Waals surface area contributed by atoms with Gasteiger partial charge in [0.25, 0.3) is 5.91 Å². The Labute approximate surface area is 135 Å². The zero-order chi connectivity index (χ0) is 16.3. The van der Waals surface area contributed by atoms with E-state index >= 15 is 0 Å². The molecule has 2 heterocycles. The SMILES string of the molecule is COc1ccccc1C1=NO[C@@](C)(C(=O)NC[C@H]2CCCO2)C1. The second-order valence-corrected chi connectivity index (χ2v) is 6.08. The van der Waals surface area contributed by atoms with E-state index in [0.29, 0.717) is 13.0 Å². The van der Waals surface area contributed by atoms with Crippen molar-refractivity contribution in [1.29, 1.82) is 0 Å². The number of methoxy groups -OCH3 is 1. The lowest BCUT2D eigenvalue weighted by molar-refractivity contribution is -0.142. The van der Waals surface area contributed by atoms with E-state index in [2.05, 4.69) is 10.5 Å². The summed E-state index contributed by atoms with van der Waals surface area (Å²) in [6, 6.07) is 7.59. The molecule has 1 aromatic carbocycles. The first-order valence-corrected chi connectivity index (χ1v) is 7.91. The summed E-state index contributed by atoms with van der Waals surface area (Å²) in [5.41, 5.74) is 0.581. The summed E-state index contributed by atoms with van der Waals surface area (Å²) in [6.07, 6.45) is 2.56. The highest BCUT2D eigenvalue weighted by Crippen LogP contribution is 2.30. The highest BCUT2D eigenvalue weighted by Gasteiger charge is 2.42. The van der Waals surface area contributed by atoms with E-state index in [1.165, 1.54) is 0 Å². The molecule has 2 aliphatic rings. The molecule has 0 unspecified atom stereocenters. The Morgan fingerprint density at radius 2 is 2.30 bits per heavy atom. The molecule has 23 heavy (non-hydrogen) atoms. The van der Waals surface area contributed by atoms with Crippen LogP contribution in [0.25, 0.3) is 0 Å². The van der Waals surface area contributed by atoms with Crippen LogP contribution in [-0.2, 0) is 14.4 Å². The monoisotopic (exact) mass is 318 g/mol. The number of nitrogens with zero attached hydrogens (tertiary/aromatic N) is 1. The van der Waals surface area contributed by atoms with Crippen molar-refractivity contribution in [3.05, 3.63) is 29.8 Å². The lowest BCUT2D eigenvalue weighted by atomic mass is 9.94. The number of nitrogens with one attached hydrogen (secondary N) is 1. The topological polar surface area (TPSA) is 69.2 Å². The third kappa shape index (κ3) is 3.32. The number of benzene rings is 1. The molecule has 0 aliphatic carbocycles. The zero-order valence-electron chi connectivity index (χ0n) is 13.5. The van der Waals surface area contributed by atoms with Crippen LogP contribution in [0, 0.1) is 0 Å². The normalized spacial score (nSPS) is 26.5. The van der Waals surface area contributed by atoms with Crippen LogP contribution in [-0.4, -0.2) is 43.6 Å². The summed E-state index contributed by atoms with van der Waals surface area (Å²) in [7, 11) is 1.61. The Bertz CT molecular complexity index is 610. The predicted molar refractivity (Wildman–Crippen MR) is 85.6 cm³/mol. The maximum absolute atomic E-state index is 12.5. The van der Waals surface area contributed by atoms with Gasteiger partial charge in [-0.3, -0.25) is 4.79 Å². The Kier molecular flexibility index (Phi) is 4.52. The second-order valence-electron chi connectivity index (χ2n) is 6.08. The Morgan fingerprint density at radius 1 is 1.48 bits per heavy atom. The molecule has 1 amide bonds. The molecular formula is C17H22N2O4. The fourth-order valence-electron chi connectivity index (χ4n) is 2.89. The average molecular weight is 318 g/mol. The van der Waals surface area contributed by atoms with E-state index in [9.17, 15) is 4.79 Å². The Hall–Kier alpha value is -2.08. The van der Waals surface area contributed by atoms with Crippen LogP contribution < -0.4 is 10.1 Å². The largest absolute Gasteiger partial charge is 0.496 e. The van der Waals surface area contributed by atoms with Gasteiger partial charge in [0.05, 0.1) is 18.9 Å². The van der Waals surface area contributed by atoms with Crippen LogP contribution in [0.3, 0.4) is 0 Å². The van der Waals surface area contributed by atoms with Crippen LogP contribution >= 0.6 is 0 Å². The van der Waals surface area contributed by atoms with E-state index in [-0.39, 0.29) is 12.0 Å². The Morgan fingerprint density at radius 3 is 3.04 bits per heavy atom. The van der Waals surface area contributed by atoms with Crippen LogP contribution in [0.2, 0.25) is 0 Å². The summed E-state index contributed by atoms with van der Waals surface area (Å²) >= 11 is 0. The summed E-state index contributed by atoms with van der Waals surface area (Å²) in [4.78, 5) is 17.9. The summed E-state index contributed by atoms with van der Waals surface area (Å²) in [5, 5.41) is 7.03. The summed E-state index contributed by atoms with van der Waals surface area (Å²) < 4.78 is 10.9. The van der Waals surface area contributed by atoms with E-state index in [1.807, 2.05) is 24.3 Å². The van der Waals surface area contributed by atoms with E-state index in [4.69, 9.17) is 14.3 Å². The molecule has 6 nitrogen and oxygen atoms in total. The van der Waals surface area contributed by atoms with Gasteiger partial charge in [-0.05, 0) is 31.9 Å². The van der Waals surface area contributed by atoms with Crippen LogP contribution in [0.4, 0.5) is 0 Å². The fourth-order valence-corrected chi connectivity index (χ4v) is 2.89. The van der Waals surface area contributed by atoms with Crippen molar-refractivity contribution >= 4 is 11.6 Å². The van der Waals surface area contributed by atoms with Crippen molar-refractivity contribution in [2.24, 2.45) is 5.16 Å². The van der Waals surface area contributed by atoms with Crippen LogP contribution in [0.15, 0.2) is 29.4 Å². The van der Waals surface area contributed by atoms with Crippen LogP contribution in [0.5, 0.6) is 5.75 Å². The van der Waals surface area contributed by atoms with E-state index in [1.54, 1.807) is 14.0 Å². The quantitative estimate of drug-likeness (QED) is 0.900. The molecule has 124 valence electrons. The maximum atomic E-state index is 12.5. The number of rotatable bonds is 5. The molecule has 1 N–H and O–H groups in total. The molecule has 1 fully saturated rings. The van der Waals surface area contributed by atoms with Gasteiger partial charge in [-0.1, -0.05) is 17.3 Å². The zero-order valence-corrected chi connectivity index (χ0v) is 13.5. The predicted octanol–water partition coefficient (Wildman–Crippen LogP) is 1.87. The molecule has 0 aromatic heterocycles. The van der Waals surface area contributed by atoms with Crippen molar-refractivity contribution in [2.75, 3.05) is 20.3 Å². The van der Waals surface area contributed by atoms with Gasteiger partial charge in [-0.25, -0.2) is 0 Å². The smallest absolute Gasteiger partial charge is 0.267 e. The van der Waals surface area contributed by atoms with Gasteiger partial charge >= 0.3 is 0 Å². The van der Waals surface area contributed by atoms with Gasteiger partial charge in [0.15, 0.2) is 0 Å². The minimum absolute atomic E-state index is 0.110. The molecule has 1 saturated heterocycles. The third-order valence-electron chi connectivity index (χ3n) is 4.27. The van der Waals surface area contributed by atoms with Crippen molar-refractivity contribution in [2.45, 2.75) is 37.9 Å². The number of amides is 1. The molecule has 0 spiro atoms. The molecule has 1 aromatic rings. The van der Waals surface area contributed by atoms with Gasteiger partial charge in [0.1, 0.15) is 5.75 Å². The second kappa shape index (κ2) is 6.58. The maximum Gasteiger partial charge on any atom is 0.267 e. The standard InChI is InChI=1S/C17H22N2O4/c1-17(16(20)18-11-12-6-5-9-22-12)10-14(19-23-17)13-7-3-4-8-15(13)21-2/h3-4,7-8,12H,5-6,9-11H2,1-2H3,(H,18,20)/t12-,17-/m1/s1. The fraction of sp³-hybridized carbons (Fsp3) is 0.529.